The van der Waals surface area contributed by atoms with Crippen LogP contribution in [0, 0.1) is 0 Å². The van der Waals surface area contributed by atoms with Gasteiger partial charge in [0.1, 0.15) is 10.8 Å². The van der Waals surface area contributed by atoms with Gasteiger partial charge in [0.25, 0.3) is 0 Å². The Morgan fingerprint density at radius 2 is 2.28 bits per heavy atom. The molecule has 1 aliphatic rings. The molecule has 1 aromatic rings. The van der Waals surface area contributed by atoms with Crippen molar-refractivity contribution in [1.29, 1.82) is 0 Å². The molecule has 18 heavy (non-hydrogen) atoms. The van der Waals surface area contributed by atoms with Crippen LogP contribution >= 0.6 is 12.2 Å². The summed E-state index contributed by atoms with van der Waals surface area (Å²) in [5.74, 6) is 1.11. The van der Waals surface area contributed by atoms with Crippen LogP contribution in [0.5, 0.6) is 0 Å². The molecule has 3 N–H and O–H groups in total. The maximum atomic E-state index is 11.5. The number of aromatic nitrogens is 1. The highest BCUT2D eigenvalue weighted by Crippen LogP contribution is 2.16. The Bertz CT molecular complexity index is 540. The van der Waals surface area contributed by atoms with Crippen molar-refractivity contribution < 1.29 is 8.42 Å². The molecule has 1 atom stereocenters. The molecular weight excluding hydrogens is 270 g/mol. The number of hydrogen-bond donors (Lipinski definition) is 2. The number of nitrogens with zero attached hydrogens (tertiary/aromatic N) is 1. The summed E-state index contributed by atoms with van der Waals surface area (Å²) in [7, 11) is -2.90. The zero-order chi connectivity index (χ0) is 13.2. The van der Waals surface area contributed by atoms with Gasteiger partial charge in [-0.25, -0.2) is 13.4 Å². The highest BCUT2D eigenvalue weighted by molar-refractivity contribution is 7.91. The molecule has 1 aromatic heterocycles. The second-order valence-corrected chi connectivity index (χ2v) is 7.06. The Kier molecular flexibility index (Phi) is 3.82. The Balaban J connectivity index is 2.03. The topological polar surface area (TPSA) is 85.1 Å². The van der Waals surface area contributed by atoms with Gasteiger partial charge in [0.05, 0.1) is 11.5 Å². The smallest absolute Gasteiger partial charge is 0.152 e. The molecule has 2 rings (SSSR count). The highest BCUT2D eigenvalue weighted by Gasteiger charge is 2.24. The molecule has 7 heteroatoms. The van der Waals surface area contributed by atoms with E-state index in [0.717, 1.165) is 6.42 Å². The SMILES string of the molecule is NC(=S)c1ccc(NC2CCCS(=O)(=O)C2)nc1. The van der Waals surface area contributed by atoms with Gasteiger partial charge in [-0.05, 0) is 25.0 Å². The summed E-state index contributed by atoms with van der Waals surface area (Å²) in [6.45, 7) is 0. The second-order valence-electron chi connectivity index (χ2n) is 4.39. The Hall–Kier alpha value is -1.21. The minimum absolute atomic E-state index is 0.0630. The maximum Gasteiger partial charge on any atom is 0.152 e. The van der Waals surface area contributed by atoms with Crippen molar-refractivity contribution in [2.45, 2.75) is 18.9 Å². The fraction of sp³-hybridized carbons (Fsp3) is 0.455. The van der Waals surface area contributed by atoms with Crippen molar-refractivity contribution >= 4 is 32.9 Å². The number of sulfone groups is 1. The van der Waals surface area contributed by atoms with Gasteiger partial charge in [-0.15, -0.1) is 0 Å². The van der Waals surface area contributed by atoms with Crippen molar-refractivity contribution in [1.82, 2.24) is 4.98 Å². The molecule has 0 amide bonds. The quantitative estimate of drug-likeness (QED) is 0.795. The third-order valence-electron chi connectivity index (χ3n) is 2.86. The molecule has 0 bridgehead atoms. The molecule has 2 heterocycles. The van der Waals surface area contributed by atoms with Gasteiger partial charge in [-0.2, -0.15) is 0 Å². The van der Waals surface area contributed by atoms with Gasteiger partial charge in [0.15, 0.2) is 9.84 Å². The largest absolute Gasteiger partial charge is 0.389 e. The van der Waals surface area contributed by atoms with Crippen LogP contribution in [0.3, 0.4) is 0 Å². The van der Waals surface area contributed by atoms with Crippen molar-refractivity contribution in [2.75, 3.05) is 16.8 Å². The Morgan fingerprint density at radius 3 is 2.83 bits per heavy atom. The predicted octanol–water partition coefficient (Wildman–Crippen LogP) is 0.705. The van der Waals surface area contributed by atoms with Crippen LogP contribution < -0.4 is 11.1 Å². The molecular formula is C11H15N3O2S2. The van der Waals surface area contributed by atoms with Crippen LogP contribution in [0.1, 0.15) is 18.4 Å². The summed E-state index contributed by atoms with van der Waals surface area (Å²) in [4.78, 5) is 4.47. The van der Waals surface area contributed by atoms with Crippen LogP contribution in [0.4, 0.5) is 5.82 Å². The van der Waals surface area contributed by atoms with Gasteiger partial charge in [0, 0.05) is 17.8 Å². The van der Waals surface area contributed by atoms with Gasteiger partial charge < -0.3 is 11.1 Å². The molecule has 1 saturated heterocycles. The normalized spacial score (nSPS) is 22.3. The van der Waals surface area contributed by atoms with Crippen LogP contribution in [-0.4, -0.2) is 35.9 Å². The summed E-state index contributed by atoms with van der Waals surface area (Å²) >= 11 is 4.83. The average molecular weight is 285 g/mol. The molecule has 5 nitrogen and oxygen atoms in total. The summed E-state index contributed by atoms with van der Waals surface area (Å²) in [6.07, 6.45) is 3.13. The molecule has 1 fully saturated rings. The van der Waals surface area contributed by atoms with Gasteiger partial charge in [-0.1, -0.05) is 12.2 Å². The lowest BCUT2D eigenvalue weighted by atomic mass is 10.2. The number of thiocarbonyl (C=S) groups is 1. The van der Waals surface area contributed by atoms with E-state index in [9.17, 15) is 8.42 Å². The number of pyridine rings is 1. The Labute approximate surface area is 112 Å². The summed E-state index contributed by atoms with van der Waals surface area (Å²) in [5.41, 5.74) is 6.18. The number of rotatable bonds is 3. The van der Waals surface area contributed by atoms with E-state index in [2.05, 4.69) is 10.3 Å². The molecule has 1 aliphatic heterocycles. The zero-order valence-electron chi connectivity index (χ0n) is 9.80. The van der Waals surface area contributed by atoms with Gasteiger partial charge in [0.2, 0.25) is 0 Å². The number of anilines is 1. The first-order valence-electron chi connectivity index (χ1n) is 5.69. The summed E-state index contributed by atoms with van der Waals surface area (Å²) < 4.78 is 23.0. The van der Waals surface area contributed by atoms with Crippen molar-refractivity contribution in [2.24, 2.45) is 5.73 Å². The van der Waals surface area contributed by atoms with Gasteiger partial charge in [-0.3, -0.25) is 0 Å². The van der Waals surface area contributed by atoms with E-state index >= 15 is 0 Å². The summed E-state index contributed by atoms with van der Waals surface area (Å²) in [6, 6.07) is 3.47. The molecule has 1 unspecified atom stereocenters. The van der Waals surface area contributed by atoms with Crippen molar-refractivity contribution in [3.63, 3.8) is 0 Å². The van der Waals surface area contributed by atoms with Crippen LogP contribution in [-0.2, 0) is 9.84 Å². The number of hydrogen-bond acceptors (Lipinski definition) is 5. The van der Waals surface area contributed by atoms with E-state index in [1.54, 1.807) is 18.3 Å². The van der Waals surface area contributed by atoms with Crippen LogP contribution in [0.15, 0.2) is 18.3 Å². The lowest BCUT2D eigenvalue weighted by Gasteiger charge is -2.23. The second kappa shape index (κ2) is 5.19. The highest BCUT2D eigenvalue weighted by atomic mass is 32.2. The third-order valence-corrected chi connectivity index (χ3v) is 4.92. The standard InChI is InChI=1S/C11H15N3O2S2/c12-11(17)8-3-4-10(13-6-8)14-9-2-1-5-18(15,16)7-9/h3-4,6,9H,1-2,5,7H2,(H2,12,17)(H,13,14). The fourth-order valence-corrected chi connectivity index (χ4v) is 3.73. The molecule has 0 radical (unpaired) electrons. The summed E-state index contributed by atoms with van der Waals surface area (Å²) in [5, 5.41) is 3.13. The predicted molar refractivity (Wildman–Crippen MR) is 75.4 cm³/mol. The van der Waals surface area contributed by atoms with E-state index in [1.807, 2.05) is 0 Å². The van der Waals surface area contributed by atoms with E-state index in [1.165, 1.54) is 0 Å². The van der Waals surface area contributed by atoms with E-state index in [-0.39, 0.29) is 11.8 Å². The zero-order valence-corrected chi connectivity index (χ0v) is 11.4. The molecule has 0 saturated carbocycles. The van der Waals surface area contributed by atoms with E-state index in [0.29, 0.717) is 28.5 Å². The number of nitrogens with two attached hydrogens (primary N) is 1. The van der Waals surface area contributed by atoms with Crippen molar-refractivity contribution in [3.05, 3.63) is 23.9 Å². The fourth-order valence-electron chi connectivity index (χ4n) is 1.97. The molecule has 0 spiro atoms. The molecule has 98 valence electrons. The van der Waals surface area contributed by atoms with Crippen molar-refractivity contribution in [3.8, 4) is 0 Å². The third kappa shape index (κ3) is 3.39. The lowest BCUT2D eigenvalue weighted by Crippen LogP contribution is -2.35. The van der Waals surface area contributed by atoms with Crippen LogP contribution in [0.25, 0.3) is 0 Å². The monoisotopic (exact) mass is 285 g/mol. The first kappa shape index (κ1) is 13.2. The van der Waals surface area contributed by atoms with E-state index in [4.69, 9.17) is 18.0 Å². The first-order valence-corrected chi connectivity index (χ1v) is 7.92. The minimum atomic E-state index is -2.90. The Morgan fingerprint density at radius 1 is 1.50 bits per heavy atom. The maximum absolute atomic E-state index is 11.5. The average Bonchev–Trinajstić information content (AvgIpc) is 2.28. The van der Waals surface area contributed by atoms with E-state index < -0.39 is 9.84 Å². The molecule has 0 aromatic carbocycles. The number of nitrogens with one attached hydrogen (secondary N) is 1. The minimum Gasteiger partial charge on any atom is -0.389 e. The van der Waals surface area contributed by atoms with Gasteiger partial charge >= 0.3 is 0 Å². The van der Waals surface area contributed by atoms with Crippen LogP contribution in [0.2, 0.25) is 0 Å². The molecule has 0 aliphatic carbocycles. The first-order chi connectivity index (χ1) is 8.46. The lowest BCUT2D eigenvalue weighted by molar-refractivity contribution is 0.561.